The third kappa shape index (κ3) is 6.20. The Hall–Kier alpha value is -1.65. The lowest BCUT2D eigenvalue weighted by Gasteiger charge is -2.36. The molecule has 0 N–H and O–H groups in total. The van der Waals surface area contributed by atoms with E-state index in [9.17, 15) is 21.6 Å². The van der Waals surface area contributed by atoms with E-state index in [0.717, 1.165) is 25.7 Å². The van der Waals surface area contributed by atoms with Gasteiger partial charge in [-0.05, 0) is 37.1 Å². The molecule has 8 nitrogen and oxygen atoms in total. The molecular formula is C21H32N2O6S2. The Morgan fingerprint density at radius 1 is 0.968 bits per heavy atom. The van der Waals surface area contributed by atoms with Crippen molar-refractivity contribution in [3.05, 3.63) is 24.3 Å². The number of benzene rings is 1. The molecule has 0 atom stereocenters. The SMILES string of the molecule is CCS(=O)(=O)CCOc1ccc(S(=O)(=O)N2CCN(C(=O)C3CCCCC3)CC2)cc1. The number of hydrogen-bond acceptors (Lipinski definition) is 6. The highest BCUT2D eigenvalue weighted by Crippen LogP contribution is 2.27. The van der Waals surface area contributed by atoms with Crippen LogP contribution in [0.15, 0.2) is 29.2 Å². The molecule has 1 aliphatic carbocycles. The summed E-state index contributed by atoms with van der Waals surface area (Å²) in [6.45, 7) is 3.02. The summed E-state index contributed by atoms with van der Waals surface area (Å²) < 4.78 is 55.8. The lowest BCUT2D eigenvalue weighted by molar-refractivity contribution is -0.137. The molecule has 174 valence electrons. The lowest BCUT2D eigenvalue weighted by atomic mass is 9.88. The summed E-state index contributed by atoms with van der Waals surface area (Å²) in [7, 11) is -6.77. The van der Waals surface area contributed by atoms with E-state index in [2.05, 4.69) is 0 Å². The molecule has 1 saturated carbocycles. The van der Waals surface area contributed by atoms with Crippen LogP contribution in [0.25, 0.3) is 0 Å². The molecule has 31 heavy (non-hydrogen) atoms. The van der Waals surface area contributed by atoms with Gasteiger partial charge in [-0.25, -0.2) is 16.8 Å². The number of carbonyl (C=O) groups is 1. The molecule has 0 aromatic heterocycles. The summed E-state index contributed by atoms with van der Waals surface area (Å²) in [5, 5.41) is 0. The van der Waals surface area contributed by atoms with Gasteiger partial charge in [-0.2, -0.15) is 4.31 Å². The zero-order valence-electron chi connectivity index (χ0n) is 18.0. The highest BCUT2D eigenvalue weighted by molar-refractivity contribution is 7.91. The summed E-state index contributed by atoms with van der Waals surface area (Å²) >= 11 is 0. The zero-order valence-corrected chi connectivity index (χ0v) is 19.7. The van der Waals surface area contributed by atoms with E-state index in [1.807, 2.05) is 4.90 Å². The number of sulfone groups is 1. The van der Waals surface area contributed by atoms with Crippen molar-refractivity contribution in [3.63, 3.8) is 0 Å². The van der Waals surface area contributed by atoms with Gasteiger partial charge >= 0.3 is 0 Å². The van der Waals surface area contributed by atoms with Crippen molar-refractivity contribution in [1.82, 2.24) is 9.21 Å². The van der Waals surface area contributed by atoms with Crippen LogP contribution in [0.5, 0.6) is 5.75 Å². The van der Waals surface area contributed by atoms with E-state index in [-0.39, 0.29) is 47.9 Å². The normalized spacial score (nSPS) is 19.3. The molecule has 3 rings (SSSR count). The van der Waals surface area contributed by atoms with Crippen LogP contribution >= 0.6 is 0 Å². The van der Waals surface area contributed by atoms with Crippen molar-refractivity contribution < 1.29 is 26.4 Å². The fourth-order valence-electron chi connectivity index (χ4n) is 4.04. The van der Waals surface area contributed by atoms with Gasteiger partial charge in [0.1, 0.15) is 12.4 Å². The molecule has 2 aliphatic rings. The van der Waals surface area contributed by atoms with Crippen LogP contribution < -0.4 is 4.74 Å². The van der Waals surface area contributed by atoms with Crippen LogP contribution in [0.2, 0.25) is 0 Å². The number of sulfonamides is 1. The second-order valence-corrected chi connectivity index (χ2v) is 12.5. The summed E-state index contributed by atoms with van der Waals surface area (Å²) in [5.41, 5.74) is 0. The van der Waals surface area contributed by atoms with Gasteiger partial charge in [0.15, 0.2) is 9.84 Å². The topological polar surface area (TPSA) is 101 Å². The average molecular weight is 473 g/mol. The monoisotopic (exact) mass is 472 g/mol. The minimum atomic E-state index is -3.66. The van der Waals surface area contributed by atoms with Crippen LogP contribution in [0.1, 0.15) is 39.0 Å². The summed E-state index contributed by atoms with van der Waals surface area (Å²) in [6.07, 6.45) is 5.27. The molecule has 0 unspecified atom stereocenters. The maximum absolute atomic E-state index is 13.0. The second-order valence-electron chi connectivity index (χ2n) is 8.12. The standard InChI is InChI=1S/C21H32N2O6S2/c1-2-30(25,26)17-16-29-19-8-10-20(11-9-19)31(27,28)23-14-12-22(13-15-23)21(24)18-6-4-3-5-7-18/h8-11,18H,2-7,12-17H2,1H3. The first kappa shape index (κ1) is 24.0. The maximum atomic E-state index is 13.0. The van der Waals surface area contributed by atoms with E-state index in [1.54, 1.807) is 6.92 Å². The van der Waals surface area contributed by atoms with Crippen molar-refractivity contribution in [3.8, 4) is 5.75 Å². The largest absolute Gasteiger partial charge is 0.493 e. The molecule has 1 amide bonds. The summed E-state index contributed by atoms with van der Waals surface area (Å²) in [5.74, 6) is 0.675. The molecule has 0 bridgehead atoms. The van der Waals surface area contributed by atoms with Gasteiger partial charge in [0.05, 0.1) is 10.6 Å². The highest BCUT2D eigenvalue weighted by Gasteiger charge is 2.32. The number of carbonyl (C=O) groups excluding carboxylic acids is 1. The first-order chi connectivity index (χ1) is 14.7. The molecule has 1 aromatic rings. The molecule has 1 heterocycles. The summed E-state index contributed by atoms with van der Waals surface area (Å²) in [4.78, 5) is 14.7. The molecule has 1 aromatic carbocycles. The minimum absolute atomic E-state index is 0.0270. The molecule has 1 aliphatic heterocycles. The van der Waals surface area contributed by atoms with Crippen LogP contribution in [0.4, 0.5) is 0 Å². The Balaban J connectivity index is 1.54. The molecule has 10 heteroatoms. The van der Waals surface area contributed by atoms with E-state index in [1.165, 1.54) is 35.0 Å². The summed E-state index contributed by atoms with van der Waals surface area (Å²) in [6, 6.07) is 6.01. The van der Waals surface area contributed by atoms with Crippen LogP contribution in [0.3, 0.4) is 0 Å². The zero-order chi connectivity index (χ0) is 22.5. The maximum Gasteiger partial charge on any atom is 0.243 e. The third-order valence-electron chi connectivity index (χ3n) is 6.07. The molecule has 0 spiro atoms. The average Bonchev–Trinajstić information content (AvgIpc) is 2.79. The van der Waals surface area contributed by atoms with Crippen molar-refractivity contribution in [2.24, 2.45) is 5.92 Å². The van der Waals surface area contributed by atoms with Crippen LogP contribution in [0, 0.1) is 5.92 Å². The van der Waals surface area contributed by atoms with Crippen molar-refractivity contribution in [2.45, 2.75) is 43.9 Å². The Kier molecular flexibility index (Phi) is 7.98. The highest BCUT2D eigenvalue weighted by atomic mass is 32.2. The number of nitrogens with zero attached hydrogens (tertiary/aromatic N) is 2. The number of amides is 1. The van der Waals surface area contributed by atoms with Crippen molar-refractivity contribution in [2.75, 3.05) is 44.3 Å². The van der Waals surface area contributed by atoms with Gasteiger partial charge in [-0.1, -0.05) is 26.2 Å². The van der Waals surface area contributed by atoms with Crippen molar-refractivity contribution >= 4 is 25.8 Å². The number of rotatable bonds is 8. The Labute approximate surface area is 185 Å². The predicted octanol–water partition coefficient (Wildman–Crippen LogP) is 1.91. The Morgan fingerprint density at radius 2 is 1.58 bits per heavy atom. The van der Waals surface area contributed by atoms with E-state index < -0.39 is 19.9 Å². The Morgan fingerprint density at radius 3 is 2.16 bits per heavy atom. The van der Waals surface area contributed by atoms with E-state index in [4.69, 9.17) is 4.74 Å². The van der Waals surface area contributed by atoms with Gasteiger partial charge in [-0.15, -0.1) is 0 Å². The molecule has 1 saturated heterocycles. The predicted molar refractivity (Wildman–Crippen MR) is 118 cm³/mol. The van der Waals surface area contributed by atoms with Crippen LogP contribution in [-0.2, 0) is 24.7 Å². The quantitative estimate of drug-likeness (QED) is 0.573. The molecular weight excluding hydrogens is 440 g/mol. The van der Waals surface area contributed by atoms with E-state index in [0.29, 0.717) is 18.8 Å². The fraction of sp³-hybridized carbons (Fsp3) is 0.667. The lowest BCUT2D eigenvalue weighted by Crippen LogP contribution is -2.52. The first-order valence-corrected chi connectivity index (χ1v) is 14.2. The van der Waals surface area contributed by atoms with E-state index >= 15 is 0 Å². The third-order valence-corrected chi connectivity index (χ3v) is 9.65. The molecule has 2 fully saturated rings. The van der Waals surface area contributed by atoms with Gasteiger partial charge in [-0.3, -0.25) is 4.79 Å². The molecule has 0 radical (unpaired) electrons. The van der Waals surface area contributed by atoms with Gasteiger partial charge < -0.3 is 9.64 Å². The van der Waals surface area contributed by atoms with Gasteiger partial charge in [0, 0.05) is 37.8 Å². The number of hydrogen-bond donors (Lipinski definition) is 0. The van der Waals surface area contributed by atoms with Crippen molar-refractivity contribution in [1.29, 1.82) is 0 Å². The van der Waals surface area contributed by atoms with Gasteiger partial charge in [0.2, 0.25) is 15.9 Å². The second kappa shape index (κ2) is 10.3. The first-order valence-electron chi connectivity index (χ1n) is 10.9. The number of ether oxygens (including phenoxy) is 1. The Bertz CT molecular complexity index is 946. The minimum Gasteiger partial charge on any atom is -0.493 e. The number of piperazine rings is 1. The van der Waals surface area contributed by atoms with Crippen LogP contribution in [-0.4, -0.2) is 76.2 Å². The fourth-order valence-corrected chi connectivity index (χ4v) is 6.09. The van der Waals surface area contributed by atoms with Gasteiger partial charge in [0.25, 0.3) is 0 Å². The smallest absolute Gasteiger partial charge is 0.243 e.